The highest BCUT2D eigenvalue weighted by Gasteiger charge is 2.41. The van der Waals surface area contributed by atoms with E-state index in [2.05, 4.69) is 16.0 Å². The largest absolute Gasteiger partial charge is 0.493 e. The third kappa shape index (κ3) is 7.32. The molecule has 3 N–H and O–H groups in total. The van der Waals surface area contributed by atoms with Crippen molar-refractivity contribution in [3.63, 3.8) is 0 Å². The van der Waals surface area contributed by atoms with Crippen molar-refractivity contribution in [3.05, 3.63) is 58.1 Å². The summed E-state index contributed by atoms with van der Waals surface area (Å²) in [4.78, 5) is 25.3. The second kappa shape index (κ2) is 11.8. The van der Waals surface area contributed by atoms with Crippen LogP contribution in [0.15, 0.2) is 41.3 Å². The molecule has 4 rings (SSSR count). The van der Waals surface area contributed by atoms with Crippen molar-refractivity contribution in [1.29, 1.82) is 0 Å². The molecule has 2 heterocycles. The molecule has 0 bridgehead atoms. The smallest absolute Gasteiger partial charge is 0.416 e. The third-order valence-corrected chi connectivity index (χ3v) is 9.05. The number of fused-ring (bicyclic) bond motifs is 1. The second-order valence-electron chi connectivity index (χ2n) is 11.0. The molecular formula is C27H32ClF3N4O5S. The molecule has 2 amide bonds. The van der Waals surface area contributed by atoms with Crippen molar-refractivity contribution in [1.82, 2.24) is 20.3 Å². The molecule has 0 spiro atoms. The maximum absolute atomic E-state index is 13.4. The van der Waals surface area contributed by atoms with Gasteiger partial charge in [-0.1, -0.05) is 17.7 Å². The lowest BCUT2D eigenvalue weighted by molar-refractivity contribution is -0.137. The van der Waals surface area contributed by atoms with Gasteiger partial charge in [-0.25, -0.2) is 8.42 Å². The molecule has 1 unspecified atom stereocenters. The number of sulfonamides is 1. The van der Waals surface area contributed by atoms with E-state index >= 15 is 0 Å². The van der Waals surface area contributed by atoms with Crippen molar-refractivity contribution in [2.75, 3.05) is 19.7 Å². The normalized spacial score (nSPS) is 20.1. The summed E-state index contributed by atoms with van der Waals surface area (Å²) >= 11 is 6.53. The Kier molecular flexibility index (Phi) is 8.93. The van der Waals surface area contributed by atoms with E-state index in [1.165, 1.54) is 0 Å². The predicted octanol–water partition coefficient (Wildman–Crippen LogP) is 3.77. The van der Waals surface area contributed by atoms with Gasteiger partial charge in [-0.05, 0) is 56.7 Å². The van der Waals surface area contributed by atoms with Crippen LogP contribution in [0.2, 0.25) is 5.02 Å². The minimum absolute atomic E-state index is 0.0482. The van der Waals surface area contributed by atoms with Gasteiger partial charge < -0.3 is 20.7 Å². The first-order chi connectivity index (χ1) is 19.1. The van der Waals surface area contributed by atoms with Gasteiger partial charge in [0.2, 0.25) is 21.8 Å². The van der Waals surface area contributed by atoms with Crippen LogP contribution in [0.3, 0.4) is 0 Å². The SMILES string of the molecule is CC(C)(C)NCc1cc2c(cc1Cl)[C@H](NC(=O)CC1C(=O)NCCN1S(=O)(=O)c1cccc(C(F)(F)F)c1)CCO2. The van der Waals surface area contributed by atoms with Crippen LogP contribution in [0, 0.1) is 0 Å². The maximum atomic E-state index is 13.4. The first kappa shape index (κ1) is 31.1. The molecule has 0 aromatic heterocycles. The second-order valence-corrected chi connectivity index (χ2v) is 13.3. The van der Waals surface area contributed by atoms with E-state index < -0.39 is 57.0 Å². The quantitative estimate of drug-likeness (QED) is 0.436. The minimum atomic E-state index is -4.75. The number of nitrogens with one attached hydrogen (secondary N) is 3. The van der Waals surface area contributed by atoms with E-state index in [4.69, 9.17) is 16.3 Å². The lowest BCUT2D eigenvalue weighted by Crippen LogP contribution is -2.58. The molecule has 2 atom stereocenters. The van der Waals surface area contributed by atoms with Crippen LogP contribution in [-0.2, 0) is 32.3 Å². The van der Waals surface area contributed by atoms with Crippen molar-refractivity contribution in [3.8, 4) is 5.75 Å². The van der Waals surface area contributed by atoms with Crippen molar-refractivity contribution < 1.29 is 35.9 Å². The summed E-state index contributed by atoms with van der Waals surface area (Å²) in [5.74, 6) is -0.766. The standard InChI is InChI=1S/C27H32ClF3N4O5S/c1-26(2,3)33-15-16-11-23-19(13-20(16)28)21(7-10-40-23)34-24(36)14-22-25(37)32-8-9-35(22)41(38,39)18-6-4-5-17(12-18)27(29,30)31/h4-6,11-13,21-22,33H,7-10,14-15H2,1-3H3,(H,32,37)(H,34,36)/t21-,22?/m1/s1. The van der Waals surface area contributed by atoms with E-state index in [1.807, 2.05) is 26.8 Å². The molecule has 14 heteroatoms. The van der Waals surface area contributed by atoms with Crippen LogP contribution < -0.4 is 20.7 Å². The first-order valence-electron chi connectivity index (χ1n) is 13.0. The zero-order valence-corrected chi connectivity index (χ0v) is 24.3. The topological polar surface area (TPSA) is 117 Å². The summed E-state index contributed by atoms with van der Waals surface area (Å²) in [5.41, 5.74) is 0.200. The van der Waals surface area contributed by atoms with Gasteiger partial charge in [-0.3, -0.25) is 9.59 Å². The van der Waals surface area contributed by atoms with Gasteiger partial charge in [0.25, 0.3) is 0 Å². The number of hydrogen-bond donors (Lipinski definition) is 3. The Morgan fingerprint density at radius 2 is 1.93 bits per heavy atom. The molecule has 2 aromatic carbocycles. The van der Waals surface area contributed by atoms with Gasteiger partial charge in [0.05, 0.1) is 29.5 Å². The van der Waals surface area contributed by atoms with Crippen molar-refractivity contribution in [2.45, 2.75) is 68.9 Å². The Hall–Kier alpha value is -2.87. The van der Waals surface area contributed by atoms with Crippen molar-refractivity contribution in [2.24, 2.45) is 0 Å². The molecule has 1 saturated heterocycles. The number of halogens is 4. The number of amides is 2. The van der Waals surface area contributed by atoms with E-state index in [-0.39, 0.29) is 18.6 Å². The van der Waals surface area contributed by atoms with E-state index in [9.17, 15) is 31.2 Å². The number of benzene rings is 2. The summed E-state index contributed by atoms with van der Waals surface area (Å²) in [6, 6.07) is 4.88. The van der Waals surface area contributed by atoms with Gasteiger partial charge in [0.1, 0.15) is 11.8 Å². The molecule has 2 aliphatic rings. The van der Waals surface area contributed by atoms with Crippen LogP contribution in [0.1, 0.15) is 56.3 Å². The summed E-state index contributed by atoms with van der Waals surface area (Å²) in [7, 11) is -4.53. The van der Waals surface area contributed by atoms with Crippen LogP contribution in [0.4, 0.5) is 13.2 Å². The number of carbonyl (C=O) groups excluding carboxylic acids is 2. The number of hydrogen-bond acceptors (Lipinski definition) is 6. The predicted molar refractivity (Wildman–Crippen MR) is 146 cm³/mol. The number of piperazine rings is 1. The molecular weight excluding hydrogens is 585 g/mol. The molecule has 1 fully saturated rings. The van der Waals surface area contributed by atoms with Gasteiger partial charge in [-0.15, -0.1) is 0 Å². The zero-order valence-electron chi connectivity index (χ0n) is 22.8. The Labute approximate surface area is 241 Å². The van der Waals surface area contributed by atoms with Crippen LogP contribution in [-0.4, -0.2) is 55.8 Å². The number of rotatable bonds is 7. The van der Waals surface area contributed by atoms with E-state index in [0.29, 0.717) is 42.0 Å². The molecule has 0 radical (unpaired) electrons. The van der Waals surface area contributed by atoms with Crippen molar-refractivity contribution >= 4 is 33.4 Å². The number of ether oxygens (including phenoxy) is 1. The van der Waals surface area contributed by atoms with E-state index in [1.54, 1.807) is 6.07 Å². The Balaban J connectivity index is 1.52. The van der Waals surface area contributed by atoms with Gasteiger partial charge in [-0.2, -0.15) is 17.5 Å². The molecule has 224 valence electrons. The molecule has 2 aliphatic heterocycles. The summed E-state index contributed by atoms with van der Waals surface area (Å²) in [6.45, 7) is 6.64. The Bertz CT molecular complexity index is 1430. The highest BCUT2D eigenvalue weighted by molar-refractivity contribution is 7.89. The van der Waals surface area contributed by atoms with Gasteiger partial charge in [0, 0.05) is 42.2 Å². The zero-order chi connectivity index (χ0) is 30.2. The lowest BCUT2D eigenvalue weighted by Gasteiger charge is -2.34. The number of alkyl halides is 3. The average molecular weight is 617 g/mol. The molecule has 0 aliphatic carbocycles. The van der Waals surface area contributed by atoms with Crippen LogP contribution >= 0.6 is 11.6 Å². The summed E-state index contributed by atoms with van der Waals surface area (Å²) < 4.78 is 73.0. The average Bonchev–Trinajstić information content (AvgIpc) is 2.88. The molecule has 0 saturated carbocycles. The first-order valence-corrected chi connectivity index (χ1v) is 14.8. The number of carbonyl (C=O) groups is 2. The minimum Gasteiger partial charge on any atom is -0.493 e. The Morgan fingerprint density at radius 1 is 1.20 bits per heavy atom. The van der Waals surface area contributed by atoms with Crippen LogP contribution in [0.5, 0.6) is 5.75 Å². The highest BCUT2D eigenvalue weighted by Crippen LogP contribution is 2.37. The molecule has 9 nitrogen and oxygen atoms in total. The van der Waals surface area contributed by atoms with Crippen LogP contribution in [0.25, 0.3) is 0 Å². The fourth-order valence-corrected chi connectivity index (χ4v) is 6.54. The summed E-state index contributed by atoms with van der Waals surface area (Å²) in [6.07, 6.45) is -4.87. The maximum Gasteiger partial charge on any atom is 0.416 e. The van der Waals surface area contributed by atoms with Gasteiger partial charge >= 0.3 is 6.18 Å². The molecule has 41 heavy (non-hydrogen) atoms. The Morgan fingerprint density at radius 3 is 2.61 bits per heavy atom. The monoisotopic (exact) mass is 616 g/mol. The molecule has 2 aromatic rings. The number of nitrogens with zero attached hydrogens (tertiary/aromatic N) is 1. The van der Waals surface area contributed by atoms with E-state index in [0.717, 1.165) is 28.1 Å². The summed E-state index contributed by atoms with van der Waals surface area (Å²) in [5, 5.41) is 9.22. The highest BCUT2D eigenvalue weighted by atomic mass is 35.5. The third-order valence-electron chi connectivity index (χ3n) is 6.79. The lowest BCUT2D eigenvalue weighted by atomic mass is 9.97. The fourth-order valence-electron chi connectivity index (χ4n) is 4.67. The fraction of sp³-hybridized carbons (Fsp3) is 0.481. The van der Waals surface area contributed by atoms with Gasteiger partial charge in [0.15, 0.2) is 0 Å².